The topological polar surface area (TPSA) is 58.7 Å². The monoisotopic (exact) mass is 209 g/mol. The summed E-state index contributed by atoms with van der Waals surface area (Å²) in [7, 11) is 0. The van der Waals surface area contributed by atoms with Gasteiger partial charge in [0.1, 0.15) is 19.4 Å². The molecule has 0 saturated heterocycles. The van der Waals surface area contributed by atoms with E-state index >= 15 is 0 Å². The number of alkyl halides is 3. The Hall–Kier alpha value is -1.60. The summed E-state index contributed by atoms with van der Waals surface area (Å²) < 4.78 is 35.6. The number of nitrogens with zero attached hydrogens (tertiary/aromatic N) is 3. The molecule has 0 N–H and O–H groups in total. The van der Waals surface area contributed by atoms with Gasteiger partial charge < -0.3 is 4.90 Å². The van der Waals surface area contributed by atoms with Crippen LogP contribution in [0, 0.1) is 10.1 Å². The van der Waals surface area contributed by atoms with Crippen molar-refractivity contribution in [1.29, 1.82) is 0 Å². The normalized spacial score (nSPS) is 16.8. The Labute approximate surface area is 76.7 Å². The molecular weight excluding hydrogens is 203 g/mol. The second-order valence-corrected chi connectivity index (χ2v) is 2.63. The van der Waals surface area contributed by atoms with Crippen molar-refractivity contribution < 1.29 is 18.1 Å². The molecule has 8 heteroatoms. The predicted molar refractivity (Wildman–Crippen MR) is 41.2 cm³/mol. The molecule has 0 aromatic rings. The van der Waals surface area contributed by atoms with E-state index in [1.807, 2.05) is 0 Å². The summed E-state index contributed by atoms with van der Waals surface area (Å²) in [6.07, 6.45) is -2.61. The highest BCUT2D eigenvalue weighted by atomic mass is 19.4. The summed E-state index contributed by atoms with van der Waals surface area (Å²) in [6, 6.07) is 0. The lowest BCUT2D eigenvalue weighted by Crippen LogP contribution is -2.33. The van der Waals surface area contributed by atoms with Crippen LogP contribution < -0.4 is 0 Å². The van der Waals surface area contributed by atoms with Gasteiger partial charge in [-0.2, -0.15) is 13.2 Å². The third-order valence-corrected chi connectivity index (χ3v) is 1.39. The van der Waals surface area contributed by atoms with Crippen LogP contribution in [0.25, 0.3) is 0 Å². The number of rotatable bonds is 2. The molecule has 1 aliphatic rings. The number of nitro groups is 1. The van der Waals surface area contributed by atoms with Gasteiger partial charge >= 0.3 is 11.9 Å². The van der Waals surface area contributed by atoms with Crippen LogP contribution in [0.15, 0.2) is 16.9 Å². The fraction of sp³-hybridized carbons (Fsp3) is 0.500. The first kappa shape index (κ1) is 10.5. The molecule has 0 unspecified atom stereocenters. The van der Waals surface area contributed by atoms with E-state index in [4.69, 9.17) is 0 Å². The summed E-state index contributed by atoms with van der Waals surface area (Å²) >= 11 is 0. The lowest BCUT2D eigenvalue weighted by Gasteiger charge is -2.20. The summed E-state index contributed by atoms with van der Waals surface area (Å²) in [5.41, 5.74) is -0.444. The van der Waals surface area contributed by atoms with Gasteiger partial charge in [-0.25, -0.2) is 0 Å². The molecule has 0 aromatic carbocycles. The molecular formula is C6H6F3N3O2. The van der Waals surface area contributed by atoms with Gasteiger partial charge in [-0.1, -0.05) is 0 Å². The SMILES string of the molecule is O=[N+]([O-])C1=CN(CC(F)(F)F)CN=C1. The van der Waals surface area contributed by atoms with Gasteiger partial charge in [-0.05, 0) is 0 Å². The minimum absolute atomic E-state index is 0.211. The minimum Gasteiger partial charge on any atom is -0.343 e. The third-order valence-electron chi connectivity index (χ3n) is 1.39. The number of aliphatic imine (C=N–C) groups is 1. The minimum atomic E-state index is -4.38. The molecule has 1 aliphatic heterocycles. The van der Waals surface area contributed by atoms with Crippen LogP contribution in [0.5, 0.6) is 0 Å². The first-order valence-corrected chi connectivity index (χ1v) is 3.55. The van der Waals surface area contributed by atoms with Crippen molar-refractivity contribution in [1.82, 2.24) is 4.90 Å². The molecule has 0 aliphatic carbocycles. The zero-order chi connectivity index (χ0) is 10.8. The number of hydrogen-bond donors (Lipinski definition) is 0. The number of allylic oxidation sites excluding steroid dienone is 1. The van der Waals surface area contributed by atoms with Gasteiger partial charge in [0.05, 0.1) is 11.1 Å². The maximum atomic E-state index is 11.9. The fourth-order valence-electron chi connectivity index (χ4n) is 0.921. The molecule has 78 valence electrons. The highest BCUT2D eigenvalue weighted by Gasteiger charge is 2.31. The molecule has 0 spiro atoms. The first-order valence-electron chi connectivity index (χ1n) is 3.55. The van der Waals surface area contributed by atoms with Crippen molar-refractivity contribution in [2.75, 3.05) is 13.2 Å². The Kier molecular flexibility index (Phi) is 2.73. The van der Waals surface area contributed by atoms with Crippen LogP contribution in [0.3, 0.4) is 0 Å². The lowest BCUT2D eigenvalue weighted by molar-refractivity contribution is -0.415. The van der Waals surface area contributed by atoms with Gasteiger partial charge in [0, 0.05) is 0 Å². The van der Waals surface area contributed by atoms with Gasteiger partial charge in [-0.15, -0.1) is 0 Å². The molecule has 1 rings (SSSR count). The average Bonchev–Trinajstić information content (AvgIpc) is 2.01. The molecule has 5 nitrogen and oxygen atoms in total. The van der Waals surface area contributed by atoms with Crippen molar-refractivity contribution in [3.63, 3.8) is 0 Å². The zero-order valence-electron chi connectivity index (χ0n) is 6.86. The smallest absolute Gasteiger partial charge is 0.343 e. The number of hydrogen-bond acceptors (Lipinski definition) is 4. The van der Waals surface area contributed by atoms with Crippen LogP contribution in [0.2, 0.25) is 0 Å². The van der Waals surface area contributed by atoms with E-state index in [0.29, 0.717) is 0 Å². The molecule has 1 heterocycles. The van der Waals surface area contributed by atoms with E-state index < -0.39 is 23.3 Å². The maximum Gasteiger partial charge on any atom is 0.405 e. The van der Waals surface area contributed by atoms with Gasteiger partial charge in [-0.3, -0.25) is 15.1 Å². The lowest BCUT2D eigenvalue weighted by atomic mass is 10.4. The Morgan fingerprint density at radius 1 is 1.64 bits per heavy atom. The molecule has 0 fully saturated rings. The molecule has 0 radical (unpaired) electrons. The first-order chi connectivity index (χ1) is 6.38. The average molecular weight is 209 g/mol. The Morgan fingerprint density at radius 3 is 2.79 bits per heavy atom. The van der Waals surface area contributed by atoms with Crippen LogP contribution >= 0.6 is 0 Å². The van der Waals surface area contributed by atoms with Crippen molar-refractivity contribution in [2.45, 2.75) is 6.18 Å². The summed E-state index contributed by atoms with van der Waals surface area (Å²) in [5.74, 6) is 0. The van der Waals surface area contributed by atoms with E-state index in [1.54, 1.807) is 0 Å². The van der Waals surface area contributed by atoms with E-state index in [2.05, 4.69) is 4.99 Å². The van der Waals surface area contributed by atoms with Gasteiger partial charge in [0.2, 0.25) is 0 Å². The standard InChI is InChI=1S/C6H6F3N3O2/c7-6(8,9)3-11-2-5(12(13)14)1-10-4-11/h1-2H,3-4H2. The maximum absolute atomic E-state index is 11.9. The molecule has 0 bridgehead atoms. The second kappa shape index (κ2) is 3.64. The van der Waals surface area contributed by atoms with Gasteiger partial charge in [0.15, 0.2) is 0 Å². The van der Waals surface area contributed by atoms with Gasteiger partial charge in [0.25, 0.3) is 0 Å². The highest BCUT2D eigenvalue weighted by molar-refractivity contribution is 5.75. The number of halogens is 3. The third kappa shape index (κ3) is 3.04. The van der Waals surface area contributed by atoms with E-state index in [0.717, 1.165) is 17.3 Å². The molecule has 0 amide bonds. The van der Waals surface area contributed by atoms with Crippen LogP contribution in [-0.2, 0) is 0 Å². The van der Waals surface area contributed by atoms with Crippen LogP contribution in [0.1, 0.15) is 0 Å². The van der Waals surface area contributed by atoms with Crippen LogP contribution in [0.4, 0.5) is 13.2 Å². The highest BCUT2D eigenvalue weighted by Crippen LogP contribution is 2.18. The molecule has 0 saturated carbocycles. The molecule has 0 atom stereocenters. The zero-order valence-corrected chi connectivity index (χ0v) is 6.86. The summed E-state index contributed by atoms with van der Waals surface area (Å²) in [6.45, 7) is -1.45. The second-order valence-electron chi connectivity index (χ2n) is 2.63. The fourth-order valence-corrected chi connectivity index (χ4v) is 0.921. The summed E-state index contributed by atoms with van der Waals surface area (Å²) in [5, 5.41) is 10.2. The Bertz CT molecular complexity index is 297. The Morgan fingerprint density at radius 2 is 2.29 bits per heavy atom. The molecule has 0 aromatic heterocycles. The van der Waals surface area contributed by atoms with Crippen molar-refractivity contribution in [3.8, 4) is 0 Å². The quantitative estimate of drug-likeness (QED) is 0.503. The van der Waals surface area contributed by atoms with Crippen LogP contribution in [-0.4, -0.2) is 35.4 Å². The van der Waals surface area contributed by atoms with Crippen molar-refractivity contribution >= 4 is 6.21 Å². The summed E-state index contributed by atoms with van der Waals surface area (Å²) in [4.78, 5) is 13.6. The predicted octanol–water partition coefficient (Wildman–Crippen LogP) is 1.01. The van der Waals surface area contributed by atoms with E-state index in [9.17, 15) is 23.3 Å². The Balaban J connectivity index is 2.67. The molecule has 14 heavy (non-hydrogen) atoms. The van der Waals surface area contributed by atoms with Crippen molar-refractivity contribution in [3.05, 3.63) is 22.0 Å². The van der Waals surface area contributed by atoms with Crippen molar-refractivity contribution in [2.24, 2.45) is 4.99 Å². The van der Waals surface area contributed by atoms with E-state index in [-0.39, 0.29) is 6.67 Å². The largest absolute Gasteiger partial charge is 0.405 e. The van der Waals surface area contributed by atoms with E-state index in [1.165, 1.54) is 0 Å².